The van der Waals surface area contributed by atoms with Gasteiger partial charge < -0.3 is 0 Å². The quantitative estimate of drug-likeness (QED) is 0.731. The minimum Gasteiger partial charge on any atom is -0.222 e. The van der Waals surface area contributed by atoms with Crippen molar-refractivity contribution in [2.24, 2.45) is 0 Å². The molecule has 0 radical (unpaired) electrons. The minimum atomic E-state index is -5.95. The van der Waals surface area contributed by atoms with E-state index in [2.05, 4.69) is 0 Å². The van der Waals surface area contributed by atoms with Gasteiger partial charge in [-0.3, -0.25) is 0 Å². The van der Waals surface area contributed by atoms with E-state index in [1.54, 1.807) is 0 Å². The van der Waals surface area contributed by atoms with E-state index in [4.69, 9.17) is 0 Å². The second-order valence-corrected chi connectivity index (χ2v) is 6.39. The van der Waals surface area contributed by atoms with Gasteiger partial charge in [-0.15, -0.1) is 0 Å². The van der Waals surface area contributed by atoms with Crippen LogP contribution < -0.4 is 0 Å². The number of halogens is 6. The van der Waals surface area contributed by atoms with Crippen molar-refractivity contribution in [1.29, 1.82) is 0 Å². The number of hydrogen-bond donors (Lipinski definition) is 0. The molecule has 0 bridgehead atoms. The van der Waals surface area contributed by atoms with E-state index in [0.29, 0.717) is 0 Å². The van der Waals surface area contributed by atoms with Crippen LogP contribution in [-0.2, 0) is 9.84 Å². The summed E-state index contributed by atoms with van der Waals surface area (Å²) in [7, 11) is -5.95. The molecule has 9 heteroatoms. The predicted octanol–water partition coefficient (Wildman–Crippen LogP) is 2.84. The van der Waals surface area contributed by atoms with Crippen LogP contribution in [0, 0.1) is 0 Å². The first-order valence-electron chi connectivity index (χ1n) is 4.69. The number of alkyl halides is 6. The van der Waals surface area contributed by atoms with Crippen LogP contribution in [0.5, 0.6) is 0 Å². The van der Waals surface area contributed by atoms with E-state index in [-0.39, 0.29) is 6.92 Å². The zero-order valence-electron chi connectivity index (χ0n) is 8.69. The van der Waals surface area contributed by atoms with E-state index >= 15 is 0 Å². The lowest BCUT2D eigenvalue weighted by Gasteiger charge is -2.37. The Bertz CT molecular complexity index is 381. The fourth-order valence-corrected chi connectivity index (χ4v) is 3.35. The van der Waals surface area contributed by atoms with Crippen LogP contribution in [0.3, 0.4) is 0 Å². The van der Waals surface area contributed by atoms with Crippen molar-refractivity contribution in [3.8, 4) is 0 Å². The first-order valence-corrected chi connectivity index (χ1v) is 6.24. The van der Waals surface area contributed by atoms with Gasteiger partial charge in [0.1, 0.15) is 0 Å². The van der Waals surface area contributed by atoms with Crippen molar-refractivity contribution in [3.63, 3.8) is 0 Å². The third-order valence-electron chi connectivity index (χ3n) is 2.60. The van der Waals surface area contributed by atoms with E-state index < -0.39 is 51.4 Å². The average Bonchev–Trinajstić information content (AvgIpc) is 1.95. The SMILES string of the molecule is CC(F)(F)S(=O)(=O)C1C(F)(F)CCCC1(F)F. The molecule has 0 aromatic carbocycles. The Balaban J connectivity index is 3.34. The van der Waals surface area contributed by atoms with E-state index in [1.165, 1.54) is 0 Å². The molecule has 1 saturated carbocycles. The number of sulfone groups is 1. The molecule has 0 atom stereocenters. The molecule has 2 nitrogen and oxygen atoms in total. The molecule has 0 N–H and O–H groups in total. The summed E-state index contributed by atoms with van der Waals surface area (Å²) in [5, 5.41) is -8.28. The second kappa shape index (κ2) is 3.76. The molecule has 1 fully saturated rings. The maximum Gasteiger partial charge on any atom is 0.343 e. The summed E-state index contributed by atoms with van der Waals surface area (Å²) in [5.41, 5.74) is 0. The zero-order valence-corrected chi connectivity index (χ0v) is 9.51. The van der Waals surface area contributed by atoms with Gasteiger partial charge in [-0.2, -0.15) is 8.78 Å². The highest BCUT2D eigenvalue weighted by atomic mass is 32.2. The van der Waals surface area contributed by atoms with Crippen LogP contribution >= 0.6 is 0 Å². The highest BCUT2D eigenvalue weighted by Crippen LogP contribution is 2.49. The van der Waals surface area contributed by atoms with Gasteiger partial charge in [-0.25, -0.2) is 26.0 Å². The van der Waals surface area contributed by atoms with Gasteiger partial charge in [0.2, 0.25) is 9.84 Å². The second-order valence-electron chi connectivity index (χ2n) is 4.11. The molecule has 0 amide bonds. The average molecular weight is 284 g/mol. The van der Waals surface area contributed by atoms with Gasteiger partial charge in [0.15, 0.2) is 5.25 Å². The van der Waals surface area contributed by atoms with Crippen LogP contribution in [-0.4, -0.2) is 30.8 Å². The molecule has 17 heavy (non-hydrogen) atoms. The van der Waals surface area contributed by atoms with Crippen LogP contribution in [0.1, 0.15) is 26.2 Å². The Labute approximate surface area is 93.9 Å². The Morgan fingerprint density at radius 2 is 1.41 bits per heavy atom. The van der Waals surface area contributed by atoms with Gasteiger partial charge >= 0.3 is 5.25 Å². The van der Waals surface area contributed by atoms with E-state index in [9.17, 15) is 34.8 Å². The van der Waals surface area contributed by atoms with Crippen molar-refractivity contribution in [2.45, 2.75) is 48.5 Å². The molecule has 1 aliphatic carbocycles. The van der Waals surface area contributed by atoms with Crippen LogP contribution in [0.4, 0.5) is 26.3 Å². The largest absolute Gasteiger partial charge is 0.343 e. The Hall–Kier alpha value is -0.470. The molecular formula is C8H10F6O2S. The van der Waals surface area contributed by atoms with Crippen LogP contribution in [0.15, 0.2) is 0 Å². The Morgan fingerprint density at radius 3 is 1.71 bits per heavy atom. The Morgan fingerprint density at radius 1 is 1.06 bits per heavy atom. The first kappa shape index (κ1) is 14.6. The molecule has 102 valence electrons. The third-order valence-corrected chi connectivity index (χ3v) is 4.91. The minimum absolute atomic E-state index is 0.177. The predicted molar refractivity (Wildman–Crippen MR) is 47.1 cm³/mol. The lowest BCUT2D eigenvalue weighted by Crippen LogP contribution is -2.58. The monoisotopic (exact) mass is 284 g/mol. The molecule has 0 aromatic heterocycles. The lowest BCUT2D eigenvalue weighted by molar-refractivity contribution is -0.140. The summed E-state index contributed by atoms with van der Waals surface area (Å²) in [5.74, 6) is -8.69. The van der Waals surface area contributed by atoms with Crippen molar-refractivity contribution in [3.05, 3.63) is 0 Å². The van der Waals surface area contributed by atoms with Gasteiger partial charge in [-0.1, -0.05) is 0 Å². The van der Waals surface area contributed by atoms with Crippen molar-refractivity contribution in [1.82, 2.24) is 0 Å². The standard InChI is InChI=1S/C8H10F6O2S/c1-6(9,10)17(15,16)5-7(11,12)3-2-4-8(5,13)14/h5H,2-4H2,1H3. The summed E-state index contributed by atoms with van der Waals surface area (Å²) in [6.45, 7) is -0.177. The zero-order chi connectivity index (χ0) is 13.7. The summed E-state index contributed by atoms with van der Waals surface area (Å²) >= 11 is 0. The molecule has 0 unspecified atom stereocenters. The molecule has 0 saturated heterocycles. The van der Waals surface area contributed by atoms with Crippen molar-refractivity contribution < 1.29 is 34.8 Å². The molecule has 1 aliphatic rings. The molecule has 0 aromatic rings. The van der Waals surface area contributed by atoms with Gasteiger partial charge in [-0.05, 0) is 6.42 Å². The topological polar surface area (TPSA) is 34.1 Å². The smallest absolute Gasteiger partial charge is 0.222 e. The maximum absolute atomic E-state index is 13.2. The number of rotatable bonds is 2. The third kappa shape index (κ3) is 2.38. The normalized spacial score (nSPS) is 25.8. The highest BCUT2D eigenvalue weighted by molar-refractivity contribution is 7.93. The summed E-state index contributed by atoms with van der Waals surface area (Å²) in [4.78, 5) is 0. The van der Waals surface area contributed by atoms with Gasteiger partial charge in [0.05, 0.1) is 0 Å². The van der Waals surface area contributed by atoms with Crippen LogP contribution in [0.25, 0.3) is 0 Å². The highest BCUT2D eigenvalue weighted by Gasteiger charge is 2.68. The summed E-state index contributed by atoms with van der Waals surface area (Å²) in [6.07, 6.45) is -2.88. The number of hydrogen-bond acceptors (Lipinski definition) is 2. The molecule has 1 rings (SSSR count). The van der Waals surface area contributed by atoms with Crippen molar-refractivity contribution >= 4 is 9.84 Å². The lowest BCUT2D eigenvalue weighted by atomic mass is 9.93. The molecule has 0 aliphatic heterocycles. The summed E-state index contributed by atoms with van der Waals surface area (Å²) in [6, 6.07) is 0. The summed E-state index contributed by atoms with van der Waals surface area (Å²) < 4.78 is 100. The van der Waals surface area contributed by atoms with Crippen LogP contribution in [0.2, 0.25) is 0 Å². The molecule has 0 spiro atoms. The Kier molecular flexibility index (Phi) is 3.23. The first-order chi connectivity index (χ1) is 7.32. The van der Waals surface area contributed by atoms with Gasteiger partial charge in [0, 0.05) is 19.8 Å². The molecular weight excluding hydrogens is 274 g/mol. The fraction of sp³-hybridized carbons (Fsp3) is 1.00. The van der Waals surface area contributed by atoms with Gasteiger partial charge in [0.25, 0.3) is 11.8 Å². The van der Waals surface area contributed by atoms with E-state index in [1.807, 2.05) is 0 Å². The molecule has 0 heterocycles. The van der Waals surface area contributed by atoms with E-state index in [0.717, 1.165) is 0 Å². The van der Waals surface area contributed by atoms with Crippen molar-refractivity contribution in [2.75, 3.05) is 0 Å². The maximum atomic E-state index is 13.2. The fourth-order valence-electron chi connectivity index (χ4n) is 1.79.